The first-order chi connectivity index (χ1) is 6.56. The minimum absolute atomic E-state index is 0.157. The molecular weight excluding hydrogens is 204 g/mol. The Balaban J connectivity index is 2.90. The zero-order valence-corrected chi connectivity index (χ0v) is 9.18. The second-order valence-corrected chi connectivity index (χ2v) is 3.83. The molecule has 4 nitrogen and oxygen atoms in total. The molecule has 5 heteroatoms. The molecule has 0 unspecified atom stereocenters. The quantitative estimate of drug-likeness (QED) is 0.787. The number of carbonyl (C=O) groups excluding carboxylic acids is 1. The van der Waals surface area contributed by atoms with Crippen molar-refractivity contribution in [1.82, 2.24) is 10.2 Å². The molecule has 0 saturated carbocycles. The highest BCUT2D eigenvalue weighted by Gasteiger charge is 2.18. The topological polar surface area (TPSA) is 55.0 Å². The predicted molar refractivity (Wildman–Crippen MR) is 53.5 cm³/mol. The standard InChI is InChI=1S/C9H13ClN2O2/c1-5(2)4-6-7(10)8(12-11-6)9(13)14-3/h5H,4H2,1-3H3,(H,11,12). The molecule has 0 saturated heterocycles. The first-order valence-corrected chi connectivity index (χ1v) is 4.75. The lowest BCUT2D eigenvalue weighted by molar-refractivity contribution is 0.0594. The first-order valence-electron chi connectivity index (χ1n) is 4.37. The minimum atomic E-state index is -0.513. The summed E-state index contributed by atoms with van der Waals surface area (Å²) < 4.78 is 4.53. The average molecular weight is 217 g/mol. The number of carbonyl (C=O) groups is 1. The fraction of sp³-hybridized carbons (Fsp3) is 0.556. The molecule has 0 aliphatic rings. The second-order valence-electron chi connectivity index (χ2n) is 3.45. The number of ether oxygens (including phenoxy) is 1. The molecule has 0 spiro atoms. The molecule has 0 fully saturated rings. The van der Waals surface area contributed by atoms with E-state index in [1.807, 2.05) is 0 Å². The molecule has 78 valence electrons. The number of rotatable bonds is 3. The van der Waals surface area contributed by atoms with E-state index in [2.05, 4.69) is 28.8 Å². The van der Waals surface area contributed by atoms with Crippen LogP contribution in [0.1, 0.15) is 30.0 Å². The Morgan fingerprint density at radius 3 is 2.79 bits per heavy atom. The summed E-state index contributed by atoms with van der Waals surface area (Å²) in [4.78, 5) is 11.1. The van der Waals surface area contributed by atoms with Gasteiger partial charge in [-0.3, -0.25) is 5.10 Å². The number of hydrogen-bond acceptors (Lipinski definition) is 3. The van der Waals surface area contributed by atoms with Crippen LogP contribution in [0.15, 0.2) is 0 Å². The molecule has 0 aliphatic carbocycles. The molecule has 0 atom stereocenters. The van der Waals surface area contributed by atoms with E-state index < -0.39 is 5.97 Å². The number of H-pyrrole nitrogens is 1. The van der Waals surface area contributed by atoms with Crippen molar-refractivity contribution in [3.8, 4) is 0 Å². The molecular formula is C9H13ClN2O2. The third kappa shape index (κ3) is 2.26. The number of methoxy groups -OCH3 is 1. The third-order valence-corrected chi connectivity index (χ3v) is 2.17. The molecule has 1 aromatic heterocycles. The Morgan fingerprint density at radius 1 is 1.64 bits per heavy atom. The van der Waals surface area contributed by atoms with Gasteiger partial charge in [-0.1, -0.05) is 25.4 Å². The van der Waals surface area contributed by atoms with E-state index in [0.717, 1.165) is 12.1 Å². The van der Waals surface area contributed by atoms with E-state index in [9.17, 15) is 4.79 Å². The van der Waals surface area contributed by atoms with Crippen molar-refractivity contribution in [3.63, 3.8) is 0 Å². The monoisotopic (exact) mass is 216 g/mol. The Hall–Kier alpha value is -1.03. The molecule has 1 heterocycles. The predicted octanol–water partition coefficient (Wildman–Crippen LogP) is 2.05. The SMILES string of the molecule is COC(=O)c1n[nH]c(CC(C)C)c1Cl. The lowest BCUT2D eigenvalue weighted by atomic mass is 10.1. The van der Waals surface area contributed by atoms with Crippen molar-refractivity contribution in [2.45, 2.75) is 20.3 Å². The Kier molecular flexibility index (Phi) is 3.52. The summed E-state index contributed by atoms with van der Waals surface area (Å²) in [6, 6.07) is 0. The summed E-state index contributed by atoms with van der Waals surface area (Å²) in [5.74, 6) is -0.0558. The van der Waals surface area contributed by atoms with E-state index in [1.165, 1.54) is 7.11 Å². The second kappa shape index (κ2) is 4.46. The number of esters is 1. The molecule has 14 heavy (non-hydrogen) atoms. The molecule has 0 aromatic carbocycles. The highest BCUT2D eigenvalue weighted by molar-refractivity contribution is 6.33. The maximum Gasteiger partial charge on any atom is 0.360 e. The van der Waals surface area contributed by atoms with Crippen molar-refractivity contribution in [1.29, 1.82) is 0 Å². The van der Waals surface area contributed by atoms with Crippen LogP contribution in [0.4, 0.5) is 0 Å². The van der Waals surface area contributed by atoms with Gasteiger partial charge < -0.3 is 4.74 Å². The van der Waals surface area contributed by atoms with Crippen molar-refractivity contribution in [2.24, 2.45) is 5.92 Å². The first kappa shape index (κ1) is 11.0. The van der Waals surface area contributed by atoms with Crippen LogP contribution in [0.3, 0.4) is 0 Å². The van der Waals surface area contributed by atoms with Gasteiger partial charge in [-0.15, -0.1) is 0 Å². The number of hydrogen-bond donors (Lipinski definition) is 1. The van der Waals surface area contributed by atoms with Gasteiger partial charge in [0.05, 0.1) is 17.8 Å². The highest BCUT2D eigenvalue weighted by atomic mass is 35.5. The van der Waals surface area contributed by atoms with Crippen LogP contribution in [0.5, 0.6) is 0 Å². The Bertz CT molecular complexity index is 334. The maximum atomic E-state index is 11.1. The zero-order chi connectivity index (χ0) is 10.7. The van der Waals surface area contributed by atoms with Crippen LogP contribution in [-0.4, -0.2) is 23.3 Å². The van der Waals surface area contributed by atoms with Gasteiger partial charge in [-0.25, -0.2) is 4.79 Å². The van der Waals surface area contributed by atoms with Gasteiger partial charge in [0.1, 0.15) is 0 Å². The van der Waals surface area contributed by atoms with Crippen LogP contribution in [0, 0.1) is 5.92 Å². The Labute approximate surface area is 87.6 Å². The van der Waals surface area contributed by atoms with Gasteiger partial charge in [-0.05, 0) is 12.3 Å². The number of halogens is 1. The van der Waals surface area contributed by atoms with Gasteiger partial charge in [0, 0.05) is 0 Å². The molecule has 1 aromatic rings. The summed E-state index contributed by atoms with van der Waals surface area (Å²) in [6.07, 6.45) is 0.767. The van der Waals surface area contributed by atoms with Crippen molar-refractivity contribution < 1.29 is 9.53 Å². The van der Waals surface area contributed by atoms with E-state index in [0.29, 0.717) is 10.9 Å². The lowest BCUT2D eigenvalue weighted by Gasteiger charge is -2.01. The number of nitrogens with one attached hydrogen (secondary N) is 1. The molecule has 0 bridgehead atoms. The molecule has 0 aliphatic heterocycles. The molecule has 1 rings (SSSR count). The summed E-state index contributed by atoms with van der Waals surface area (Å²) in [5, 5.41) is 6.91. The van der Waals surface area contributed by atoms with Crippen LogP contribution in [0.25, 0.3) is 0 Å². The van der Waals surface area contributed by atoms with E-state index in [4.69, 9.17) is 11.6 Å². The van der Waals surface area contributed by atoms with Crippen molar-refractivity contribution in [2.75, 3.05) is 7.11 Å². The smallest absolute Gasteiger partial charge is 0.360 e. The van der Waals surface area contributed by atoms with Gasteiger partial charge in [0.15, 0.2) is 5.69 Å². The zero-order valence-electron chi connectivity index (χ0n) is 8.43. The van der Waals surface area contributed by atoms with Crippen molar-refractivity contribution in [3.05, 3.63) is 16.4 Å². The number of aromatic amines is 1. The summed E-state index contributed by atoms with van der Waals surface area (Å²) in [5.41, 5.74) is 0.937. The summed E-state index contributed by atoms with van der Waals surface area (Å²) >= 11 is 5.95. The van der Waals surface area contributed by atoms with Crippen LogP contribution in [0.2, 0.25) is 5.02 Å². The van der Waals surface area contributed by atoms with Gasteiger partial charge in [-0.2, -0.15) is 5.10 Å². The van der Waals surface area contributed by atoms with E-state index in [1.54, 1.807) is 0 Å². The van der Waals surface area contributed by atoms with Crippen molar-refractivity contribution >= 4 is 17.6 Å². The lowest BCUT2D eigenvalue weighted by Crippen LogP contribution is -2.02. The molecule has 1 N–H and O–H groups in total. The largest absolute Gasteiger partial charge is 0.464 e. The van der Waals surface area contributed by atoms with E-state index >= 15 is 0 Å². The summed E-state index contributed by atoms with van der Waals surface area (Å²) in [6.45, 7) is 4.13. The fourth-order valence-corrected chi connectivity index (χ4v) is 1.38. The Morgan fingerprint density at radius 2 is 2.29 bits per heavy atom. The van der Waals surface area contributed by atoms with E-state index in [-0.39, 0.29) is 5.69 Å². The summed E-state index contributed by atoms with van der Waals surface area (Å²) in [7, 11) is 1.30. The number of aromatic nitrogens is 2. The van der Waals surface area contributed by atoms with Gasteiger partial charge in [0.25, 0.3) is 0 Å². The molecule has 0 radical (unpaired) electrons. The fourth-order valence-electron chi connectivity index (χ4n) is 1.14. The minimum Gasteiger partial charge on any atom is -0.464 e. The normalized spacial score (nSPS) is 10.6. The molecule has 0 amide bonds. The average Bonchev–Trinajstić information content (AvgIpc) is 2.46. The highest BCUT2D eigenvalue weighted by Crippen LogP contribution is 2.21. The van der Waals surface area contributed by atoms with Gasteiger partial charge in [0.2, 0.25) is 0 Å². The number of nitrogens with zero attached hydrogens (tertiary/aromatic N) is 1. The van der Waals surface area contributed by atoms with Crippen LogP contribution < -0.4 is 0 Å². The van der Waals surface area contributed by atoms with Gasteiger partial charge >= 0.3 is 5.97 Å². The third-order valence-electron chi connectivity index (χ3n) is 1.77. The van der Waals surface area contributed by atoms with Crippen LogP contribution in [-0.2, 0) is 11.2 Å². The van der Waals surface area contributed by atoms with Crippen LogP contribution >= 0.6 is 11.6 Å². The maximum absolute atomic E-state index is 11.1.